The summed E-state index contributed by atoms with van der Waals surface area (Å²) in [6, 6.07) is 4.39. The SMILES string of the molecule is [2H]c1cc(-c2ccc3nnn(CC(F)(F)F)c3c2)c2c(OC)nc(=N[C@@H]3CN(C(C)=O)CC3(F)F)[nH]n12. The van der Waals surface area contributed by atoms with Gasteiger partial charge in [-0.05, 0) is 23.8 Å². The van der Waals surface area contributed by atoms with Gasteiger partial charge in [0.25, 0.3) is 5.92 Å². The number of benzene rings is 1. The van der Waals surface area contributed by atoms with Crippen LogP contribution in [0.1, 0.15) is 8.29 Å². The van der Waals surface area contributed by atoms with Gasteiger partial charge in [0, 0.05) is 25.2 Å². The summed E-state index contributed by atoms with van der Waals surface area (Å²) < 4.78 is 83.4. The first kappa shape index (κ1) is 22.4. The van der Waals surface area contributed by atoms with Gasteiger partial charge in [0.2, 0.25) is 17.4 Å². The molecule has 0 unspecified atom stereocenters. The van der Waals surface area contributed by atoms with Crippen molar-refractivity contribution in [2.45, 2.75) is 31.6 Å². The van der Waals surface area contributed by atoms with Gasteiger partial charge in [0.05, 0.1) is 20.5 Å². The van der Waals surface area contributed by atoms with Crippen molar-refractivity contribution in [2.75, 3.05) is 20.2 Å². The van der Waals surface area contributed by atoms with Gasteiger partial charge >= 0.3 is 6.18 Å². The van der Waals surface area contributed by atoms with Crippen LogP contribution in [0.5, 0.6) is 5.88 Å². The lowest BCUT2D eigenvalue weighted by molar-refractivity contribution is -0.142. The Morgan fingerprint density at radius 1 is 1.36 bits per heavy atom. The van der Waals surface area contributed by atoms with Crippen LogP contribution < -0.4 is 10.4 Å². The number of nitrogens with zero attached hydrogens (tertiary/aromatic N) is 7. The van der Waals surface area contributed by atoms with Gasteiger partial charge in [-0.25, -0.2) is 18.5 Å². The molecule has 1 aliphatic heterocycles. The molecule has 4 heterocycles. The molecule has 1 saturated heterocycles. The van der Waals surface area contributed by atoms with Crippen LogP contribution in [0.3, 0.4) is 0 Å². The van der Waals surface area contributed by atoms with Gasteiger partial charge in [0.1, 0.15) is 23.6 Å². The van der Waals surface area contributed by atoms with Gasteiger partial charge in [-0.2, -0.15) is 18.2 Å². The third kappa shape index (κ3) is 4.24. The number of halogens is 5. The summed E-state index contributed by atoms with van der Waals surface area (Å²) in [6.07, 6.45) is -4.62. The average molecular weight is 511 g/mol. The molecule has 1 atom stereocenters. The number of carbonyl (C=O) groups excluding carboxylic acids is 1. The summed E-state index contributed by atoms with van der Waals surface area (Å²) in [4.78, 5) is 20.7. The number of aromatic nitrogens is 6. The maximum atomic E-state index is 14.5. The Morgan fingerprint density at radius 2 is 2.14 bits per heavy atom. The number of ether oxygens (including phenoxy) is 1. The van der Waals surface area contributed by atoms with Crippen molar-refractivity contribution >= 4 is 22.5 Å². The molecular formula is C21H19F5N8O2. The van der Waals surface area contributed by atoms with E-state index in [2.05, 4.69) is 25.4 Å². The molecule has 1 aromatic carbocycles. The minimum atomic E-state index is -4.51. The van der Waals surface area contributed by atoms with Crippen LogP contribution in [0.25, 0.3) is 27.7 Å². The molecule has 15 heteroatoms. The molecule has 36 heavy (non-hydrogen) atoms. The number of hydrogen-bond acceptors (Lipinski definition) is 6. The molecule has 4 aromatic rings. The van der Waals surface area contributed by atoms with E-state index >= 15 is 0 Å². The molecule has 0 spiro atoms. The topological polar surface area (TPSA) is 106 Å². The van der Waals surface area contributed by atoms with Crippen LogP contribution in [0.2, 0.25) is 0 Å². The number of aromatic amines is 1. The van der Waals surface area contributed by atoms with E-state index in [1.165, 1.54) is 36.7 Å². The average Bonchev–Trinajstić information content (AvgIpc) is 3.46. The number of hydrogen-bond donors (Lipinski definition) is 1. The molecule has 1 fully saturated rings. The summed E-state index contributed by atoms with van der Waals surface area (Å²) in [6.45, 7) is -1.21. The number of fused-ring (bicyclic) bond motifs is 2. The quantitative estimate of drug-likeness (QED) is 0.424. The Bertz CT molecular complexity index is 1590. The number of amides is 1. The maximum Gasteiger partial charge on any atom is 0.408 e. The fourth-order valence-corrected chi connectivity index (χ4v) is 4.08. The molecule has 5 rings (SSSR count). The zero-order valence-corrected chi connectivity index (χ0v) is 18.8. The van der Waals surface area contributed by atoms with Crippen LogP contribution in [0.4, 0.5) is 22.0 Å². The predicted octanol–water partition coefficient (Wildman–Crippen LogP) is 2.41. The van der Waals surface area contributed by atoms with Gasteiger partial charge in [-0.3, -0.25) is 14.4 Å². The van der Waals surface area contributed by atoms with Crippen LogP contribution in [-0.2, 0) is 11.3 Å². The molecule has 1 amide bonds. The number of nitrogens with one attached hydrogen (secondary N) is 1. The lowest BCUT2D eigenvalue weighted by Gasteiger charge is -2.13. The molecule has 1 N–H and O–H groups in total. The summed E-state index contributed by atoms with van der Waals surface area (Å²) in [5, 5.41) is 10.0. The third-order valence-electron chi connectivity index (χ3n) is 5.79. The molecular weight excluding hydrogens is 491 g/mol. The van der Waals surface area contributed by atoms with Crippen molar-refractivity contribution in [2.24, 2.45) is 4.99 Å². The first-order valence-corrected chi connectivity index (χ1v) is 10.6. The van der Waals surface area contributed by atoms with Crippen LogP contribution >= 0.6 is 0 Å². The number of H-pyrrole nitrogens is 1. The zero-order chi connectivity index (χ0) is 26.7. The van der Waals surface area contributed by atoms with E-state index in [-0.39, 0.29) is 40.8 Å². The Balaban J connectivity index is 1.62. The molecule has 0 bridgehead atoms. The monoisotopic (exact) mass is 511 g/mol. The fourth-order valence-electron chi connectivity index (χ4n) is 4.08. The Hall–Kier alpha value is -4.04. The second-order valence-corrected chi connectivity index (χ2v) is 8.30. The normalized spacial score (nSPS) is 18.9. The standard InChI is InChI=1S/C21H19F5N8O2/c1-11(35)32-8-16(20(22,23)9-32)27-19-28-18(36-2)17-13(5-6-33(17)30-19)12-3-4-14-15(7-12)34(31-29-14)10-21(24,25)26/h3-7,16H,8-10H2,1-2H3,(H,27,30)/t16-/m1/s1/i6D. The van der Waals surface area contributed by atoms with Crippen LogP contribution in [-0.4, -0.2) is 78.7 Å². The molecule has 0 aliphatic carbocycles. The highest BCUT2D eigenvalue weighted by Crippen LogP contribution is 2.33. The minimum absolute atomic E-state index is 0.0576. The van der Waals surface area contributed by atoms with Crippen molar-refractivity contribution < 1.29 is 32.9 Å². The second-order valence-electron chi connectivity index (χ2n) is 8.30. The first-order valence-electron chi connectivity index (χ1n) is 11.1. The number of carbonyl (C=O) groups is 1. The minimum Gasteiger partial charge on any atom is -0.479 e. The van der Waals surface area contributed by atoms with E-state index in [4.69, 9.17) is 6.11 Å². The number of alkyl halides is 5. The van der Waals surface area contributed by atoms with E-state index in [1.807, 2.05) is 0 Å². The second kappa shape index (κ2) is 8.27. The highest BCUT2D eigenvalue weighted by Gasteiger charge is 2.49. The van der Waals surface area contributed by atoms with E-state index in [9.17, 15) is 26.7 Å². The molecule has 0 radical (unpaired) electrons. The van der Waals surface area contributed by atoms with E-state index in [1.54, 1.807) is 6.07 Å². The molecule has 0 saturated carbocycles. The first-order chi connectivity index (χ1) is 17.4. The van der Waals surface area contributed by atoms with Gasteiger partial charge < -0.3 is 9.64 Å². The Labute approximate surface area is 200 Å². The fraction of sp³-hybridized carbons (Fsp3) is 0.381. The smallest absolute Gasteiger partial charge is 0.408 e. The summed E-state index contributed by atoms with van der Waals surface area (Å²) >= 11 is 0. The predicted molar refractivity (Wildman–Crippen MR) is 115 cm³/mol. The van der Waals surface area contributed by atoms with E-state index < -0.39 is 37.1 Å². The van der Waals surface area contributed by atoms with Crippen LogP contribution in [0, 0.1) is 0 Å². The Morgan fingerprint density at radius 3 is 2.81 bits per heavy atom. The number of methoxy groups -OCH3 is 1. The third-order valence-corrected chi connectivity index (χ3v) is 5.79. The summed E-state index contributed by atoms with van der Waals surface area (Å²) in [7, 11) is 1.29. The van der Waals surface area contributed by atoms with Crippen molar-refractivity contribution in [1.82, 2.24) is 34.5 Å². The molecule has 3 aromatic heterocycles. The Kier molecular flexibility index (Phi) is 5.15. The number of likely N-dealkylation sites (tertiary alicyclic amines) is 1. The van der Waals surface area contributed by atoms with E-state index in [0.29, 0.717) is 11.1 Å². The molecule has 10 nitrogen and oxygen atoms in total. The zero-order valence-electron chi connectivity index (χ0n) is 19.8. The summed E-state index contributed by atoms with van der Waals surface area (Å²) in [5.41, 5.74) is 1.17. The maximum absolute atomic E-state index is 14.5. The van der Waals surface area contributed by atoms with Crippen molar-refractivity contribution in [3.63, 3.8) is 0 Å². The summed E-state index contributed by atoms with van der Waals surface area (Å²) in [5.74, 6) is -3.84. The largest absolute Gasteiger partial charge is 0.479 e. The lowest BCUT2D eigenvalue weighted by atomic mass is 10.1. The van der Waals surface area contributed by atoms with Gasteiger partial charge in [-0.15, -0.1) is 5.10 Å². The lowest BCUT2D eigenvalue weighted by Crippen LogP contribution is -2.33. The van der Waals surface area contributed by atoms with Gasteiger partial charge in [0.15, 0.2) is 0 Å². The molecule has 1 aliphatic rings. The van der Waals surface area contributed by atoms with E-state index in [0.717, 1.165) is 9.58 Å². The highest BCUT2D eigenvalue weighted by molar-refractivity contribution is 5.89. The van der Waals surface area contributed by atoms with Crippen LogP contribution in [0.15, 0.2) is 35.4 Å². The molecule has 190 valence electrons. The van der Waals surface area contributed by atoms with Crippen molar-refractivity contribution in [1.29, 1.82) is 0 Å². The van der Waals surface area contributed by atoms with Gasteiger partial charge in [-0.1, -0.05) is 11.3 Å². The highest BCUT2D eigenvalue weighted by atomic mass is 19.4. The number of rotatable bonds is 4. The van der Waals surface area contributed by atoms with Crippen molar-refractivity contribution in [3.8, 4) is 17.0 Å². The van der Waals surface area contributed by atoms with Crippen molar-refractivity contribution in [3.05, 3.63) is 36.1 Å².